The summed E-state index contributed by atoms with van der Waals surface area (Å²) in [5.41, 5.74) is 0.953. The molecule has 2 aromatic carbocycles. The van der Waals surface area contributed by atoms with Crippen molar-refractivity contribution in [3.63, 3.8) is 0 Å². The molecular weight excluding hydrogens is 378 g/mol. The van der Waals surface area contributed by atoms with E-state index < -0.39 is 4.92 Å². The molecule has 0 saturated carbocycles. The van der Waals surface area contributed by atoms with Crippen molar-refractivity contribution >= 4 is 37.5 Å². The summed E-state index contributed by atoms with van der Waals surface area (Å²) in [6, 6.07) is 11.9. The Labute approximate surface area is 126 Å². The monoisotopic (exact) mass is 385 g/mol. The molecule has 0 aromatic heterocycles. The van der Waals surface area contributed by atoms with E-state index >= 15 is 0 Å². The minimum atomic E-state index is -0.421. The molecule has 0 atom stereocenters. The van der Waals surface area contributed by atoms with Crippen molar-refractivity contribution in [3.05, 3.63) is 67.1 Å². The number of nitrogens with zero attached hydrogens (tertiary/aromatic N) is 1. The standard InChI is InChI=1S/C13H9Br2NO3/c14-10-3-6-13(12(15)7-10)19-8-9-1-4-11(5-2-9)16(17)18/h1-7H,8H2. The zero-order valence-electron chi connectivity index (χ0n) is 9.68. The highest BCUT2D eigenvalue weighted by Crippen LogP contribution is 2.28. The van der Waals surface area contributed by atoms with Gasteiger partial charge in [-0.2, -0.15) is 0 Å². The maximum Gasteiger partial charge on any atom is 0.269 e. The van der Waals surface area contributed by atoms with E-state index in [2.05, 4.69) is 31.9 Å². The molecule has 0 unspecified atom stereocenters. The Bertz CT molecular complexity index is 599. The molecule has 98 valence electrons. The van der Waals surface area contributed by atoms with Crippen LogP contribution in [0.3, 0.4) is 0 Å². The molecule has 0 aliphatic heterocycles. The van der Waals surface area contributed by atoms with Gasteiger partial charge in [-0.05, 0) is 51.8 Å². The Balaban J connectivity index is 2.04. The van der Waals surface area contributed by atoms with Crippen LogP contribution in [0.15, 0.2) is 51.4 Å². The van der Waals surface area contributed by atoms with Crippen molar-refractivity contribution in [2.24, 2.45) is 0 Å². The van der Waals surface area contributed by atoms with Gasteiger partial charge in [-0.3, -0.25) is 10.1 Å². The minimum absolute atomic E-state index is 0.0774. The second-order valence-corrected chi connectivity index (χ2v) is 5.56. The lowest BCUT2D eigenvalue weighted by Gasteiger charge is -2.08. The van der Waals surface area contributed by atoms with Gasteiger partial charge in [0.25, 0.3) is 5.69 Å². The van der Waals surface area contributed by atoms with Crippen molar-refractivity contribution in [3.8, 4) is 5.75 Å². The molecule has 2 aromatic rings. The van der Waals surface area contributed by atoms with Crippen LogP contribution >= 0.6 is 31.9 Å². The van der Waals surface area contributed by atoms with Crippen LogP contribution in [0, 0.1) is 10.1 Å². The molecule has 4 nitrogen and oxygen atoms in total. The SMILES string of the molecule is O=[N+]([O-])c1ccc(COc2ccc(Br)cc2Br)cc1. The Hall–Kier alpha value is -1.40. The number of nitro benzene ring substituents is 1. The normalized spacial score (nSPS) is 10.2. The van der Waals surface area contributed by atoms with Gasteiger partial charge in [-0.25, -0.2) is 0 Å². The summed E-state index contributed by atoms with van der Waals surface area (Å²) >= 11 is 6.77. The van der Waals surface area contributed by atoms with E-state index in [1.807, 2.05) is 18.2 Å². The molecule has 0 radical (unpaired) electrons. The topological polar surface area (TPSA) is 52.4 Å². The fourth-order valence-electron chi connectivity index (χ4n) is 1.47. The number of halogens is 2. The van der Waals surface area contributed by atoms with Crippen molar-refractivity contribution in [2.45, 2.75) is 6.61 Å². The van der Waals surface area contributed by atoms with Crippen molar-refractivity contribution in [1.29, 1.82) is 0 Å². The van der Waals surface area contributed by atoms with Crippen molar-refractivity contribution in [1.82, 2.24) is 0 Å². The highest BCUT2D eigenvalue weighted by Gasteiger charge is 2.05. The van der Waals surface area contributed by atoms with Crippen LogP contribution in [0.2, 0.25) is 0 Å². The van der Waals surface area contributed by atoms with E-state index in [1.165, 1.54) is 12.1 Å². The molecule has 0 fully saturated rings. The third-order valence-electron chi connectivity index (χ3n) is 2.44. The molecule has 2 rings (SSSR count). The quantitative estimate of drug-likeness (QED) is 0.565. The summed E-state index contributed by atoms with van der Waals surface area (Å²) in [6.45, 7) is 0.359. The van der Waals surface area contributed by atoms with Crippen LogP contribution < -0.4 is 4.74 Å². The first-order chi connectivity index (χ1) is 9.06. The average Bonchev–Trinajstić information content (AvgIpc) is 2.38. The fraction of sp³-hybridized carbons (Fsp3) is 0.0769. The first-order valence-electron chi connectivity index (χ1n) is 5.37. The fourth-order valence-corrected chi connectivity index (χ4v) is 2.63. The molecule has 0 aliphatic carbocycles. The van der Waals surface area contributed by atoms with Gasteiger partial charge in [0.05, 0.1) is 9.40 Å². The lowest BCUT2D eigenvalue weighted by atomic mass is 10.2. The second kappa shape index (κ2) is 6.16. The van der Waals surface area contributed by atoms with Gasteiger partial charge in [-0.15, -0.1) is 0 Å². The second-order valence-electron chi connectivity index (χ2n) is 3.79. The summed E-state index contributed by atoms with van der Waals surface area (Å²) in [5.74, 6) is 0.724. The molecule has 0 aliphatic rings. The summed E-state index contributed by atoms with van der Waals surface area (Å²) in [7, 11) is 0. The lowest BCUT2D eigenvalue weighted by Crippen LogP contribution is -1.96. The molecule has 19 heavy (non-hydrogen) atoms. The Morgan fingerprint density at radius 1 is 1.11 bits per heavy atom. The molecular formula is C13H9Br2NO3. The minimum Gasteiger partial charge on any atom is -0.488 e. The van der Waals surface area contributed by atoms with E-state index in [0.29, 0.717) is 6.61 Å². The first-order valence-corrected chi connectivity index (χ1v) is 6.96. The summed E-state index contributed by atoms with van der Waals surface area (Å²) in [5, 5.41) is 10.5. The largest absolute Gasteiger partial charge is 0.488 e. The Morgan fingerprint density at radius 3 is 2.37 bits per heavy atom. The molecule has 0 bridgehead atoms. The number of rotatable bonds is 4. The summed E-state index contributed by atoms with van der Waals surface area (Å²) in [6.07, 6.45) is 0. The smallest absolute Gasteiger partial charge is 0.269 e. The third kappa shape index (κ3) is 3.78. The van der Waals surface area contributed by atoms with Crippen LogP contribution in [-0.2, 0) is 6.61 Å². The van der Waals surface area contributed by atoms with Crippen molar-refractivity contribution < 1.29 is 9.66 Å². The molecule has 0 spiro atoms. The number of non-ortho nitro benzene ring substituents is 1. The zero-order chi connectivity index (χ0) is 13.8. The van der Waals surface area contributed by atoms with Crippen LogP contribution in [0.5, 0.6) is 5.75 Å². The molecule has 0 saturated heterocycles. The maximum absolute atomic E-state index is 10.5. The third-order valence-corrected chi connectivity index (χ3v) is 3.55. The Kier molecular flexibility index (Phi) is 4.55. The Morgan fingerprint density at radius 2 is 1.79 bits per heavy atom. The predicted molar refractivity (Wildman–Crippen MR) is 79.3 cm³/mol. The highest BCUT2D eigenvalue weighted by molar-refractivity contribution is 9.11. The van der Waals surface area contributed by atoms with Crippen molar-refractivity contribution in [2.75, 3.05) is 0 Å². The van der Waals surface area contributed by atoms with E-state index in [0.717, 1.165) is 20.3 Å². The van der Waals surface area contributed by atoms with Gasteiger partial charge >= 0.3 is 0 Å². The predicted octanol–water partition coefficient (Wildman–Crippen LogP) is 4.70. The van der Waals surface area contributed by atoms with Gasteiger partial charge in [0.2, 0.25) is 0 Å². The van der Waals surface area contributed by atoms with Crippen LogP contribution in [-0.4, -0.2) is 4.92 Å². The highest BCUT2D eigenvalue weighted by atomic mass is 79.9. The van der Waals surface area contributed by atoms with E-state index in [1.54, 1.807) is 12.1 Å². The number of hydrogen-bond donors (Lipinski definition) is 0. The van der Waals surface area contributed by atoms with Gasteiger partial charge in [-0.1, -0.05) is 15.9 Å². The number of benzene rings is 2. The number of hydrogen-bond acceptors (Lipinski definition) is 3. The van der Waals surface area contributed by atoms with E-state index in [9.17, 15) is 10.1 Å². The number of ether oxygens (including phenoxy) is 1. The van der Waals surface area contributed by atoms with Gasteiger partial charge in [0.1, 0.15) is 12.4 Å². The summed E-state index contributed by atoms with van der Waals surface area (Å²) < 4.78 is 7.45. The zero-order valence-corrected chi connectivity index (χ0v) is 12.8. The van der Waals surface area contributed by atoms with E-state index in [-0.39, 0.29) is 5.69 Å². The molecule has 6 heteroatoms. The van der Waals surface area contributed by atoms with Crippen LogP contribution in [0.25, 0.3) is 0 Å². The first kappa shape index (κ1) is 14.0. The molecule has 0 heterocycles. The van der Waals surface area contributed by atoms with E-state index in [4.69, 9.17) is 4.74 Å². The molecule has 0 amide bonds. The summed E-state index contributed by atoms with van der Waals surface area (Å²) in [4.78, 5) is 10.1. The van der Waals surface area contributed by atoms with Gasteiger partial charge < -0.3 is 4.74 Å². The molecule has 0 N–H and O–H groups in total. The van der Waals surface area contributed by atoms with Crippen LogP contribution in [0.4, 0.5) is 5.69 Å². The number of nitro groups is 1. The van der Waals surface area contributed by atoms with Crippen LogP contribution in [0.1, 0.15) is 5.56 Å². The maximum atomic E-state index is 10.5. The van der Waals surface area contributed by atoms with Gasteiger partial charge in [0, 0.05) is 16.6 Å². The van der Waals surface area contributed by atoms with Gasteiger partial charge in [0.15, 0.2) is 0 Å². The lowest BCUT2D eigenvalue weighted by molar-refractivity contribution is -0.384. The average molecular weight is 387 g/mol.